The maximum absolute atomic E-state index is 11.9. The van der Waals surface area contributed by atoms with E-state index in [0.29, 0.717) is 0 Å². The molecule has 0 saturated heterocycles. The number of hydrogen-bond acceptors (Lipinski definition) is 3. The first-order valence-corrected chi connectivity index (χ1v) is 9.96. The molecule has 0 atom stereocenters. The number of pyridine rings is 2. The summed E-state index contributed by atoms with van der Waals surface area (Å²) >= 11 is 0. The highest BCUT2D eigenvalue weighted by molar-refractivity contribution is 7.30. The molecule has 0 bridgehead atoms. The summed E-state index contributed by atoms with van der Waals surface area (Å²) in [4.78, 5) is 21.8. The highest BCUT2D eigenvalue weighted by Gasteiger charge is 1.77. The zero-order valence-corrected chi connectivity index (χ0v) is 19.9. The summed E-state index contributed by atoms with van der Waals surface area (Å²) in [6, 6.07) is 29.6. The minimum atomic E-state index is -2.87. The lowest BCUT2D eigenvalue weighted by molar-refractivity contribution is 0.405. The fraction of sp³-hybridized carbons (Fsp3) is 0.0435. The third-order valence-corrected chi connectivity index (χ3v) is 2.81. The quantitative estimate of drug-likeness (QED) is 0.271. The number of aromatic nitrogens is 2. The van der Waals surface area contributed by atoms with Crippen molar-refractivity contribution in [1.29, 1.82) is 0 Å². The summed E-state index contributed by atoms with van der Waals surface area (Å²) in [5, 5.41) is 0. The van der Waals surface area contributed by atoms with E-state index in [9.17, 15) is 4.39 Å². The second-order valence-electron chi connectivity index (χ2n) is 5.25. The molecule has 0 spiro atoms. The molecule has 2 aromatic carbocycles. The molecule has 4 aromatic rings. The maximum Gasteiger partial charge on any atom is 0.363 e. The van der Waals surface area contributed by atoms with Gasteiger partial charge in [-0.3, -0.25) is 19.8 Å². The van der Waals surface area contributed by atoms with Crippen LogP contribution in [0, 0.1) is 12.7 Å². The van der Waals surface area contributed by atoms with Gasteiger partial charge >= 0.3 is 8.25 Å². The molecule has 2 heterocycles. The number of rotatable bonds is 0. The van der Waals surface area contributed by atoms with Gasteiger partial charge in [0, 0.05) is 24.8 Å². The minimum absolute atomic E-state index is 0. The van der Waals surface area contributed by atoms with Crippen molar-refractivity contribution in [3.63, 3.8) is 0 Å². The minimum Gasteiger partial charge on any atom is -0.298 e. The van der Waals surface area contributed by atoms with E-state index in [1.54, 1.807) is 43.0 Å². The molecule has 0 amide bonds. The Bertz CT molecular complexity index is 741. The largest absolute Gasteiger partial charge is 0.363 e. The highest BCUT2D eigenvalue weighted by atomic mass is 35.5. The van der Waals surface area contributed by atoms with Crippen LogP contribution in [0.5, 0.6) is 0 Å². The smallest absolute Gasteiger partial charge is 0.298 e. The molecule has 5 nitrogen and oxygen atoms in total. The van der Waals surface area contributed by atoms with Crippen LogP contribution in [-0.2, 0) is 4.57 Å². The van der Waals surface area contributed by atoms with Crippen LogP contribution in [0.1, 0.15) is 5.56 Å². The van der Waals surface area contributed by atoms with Crippen LogP contribution in [0.25, 0.3) is 0 Å². The Balaban J connectivity index is -0.000000327. The monoisotopic (exact) mass is 499 g/mol. The molecule has 0 aliphatic carbocycles. The van der Waals surface area contributed by atoms with Gasteiger partial charge in [-0.15, -0.1) is 24.8 Å². The van der Waals surface area contributed by atoms with Crippen molar-refractivity contribution in [2.75, 3.05) is 0 Å². The summed E-state index contributed by atoms with van der Waals surface area (Å²) in [5.41, 5.74) is 1.32. The van der Waals surface area contributed by atoms with E-state index in [4.69, 9.17) is 14.4 Å². The molecule has 2 N–H and O–H groups in total. The van der Waals surface area contributed by atoms with Gasteiger partial charge < -0.3 is 0 Å². The number of benzene rings is 2. The molecular formula is C23H27Cl2FN2O3P. The normalized spacial score (nSPS) is 7.62. The Morgan fingerprint density at radius 1 is 0.625 bits per heavy atom. The van der Waals surface area contributed by atoms with E-state index in [0.717, 1.165) is 0 Å². The molecule has 0 unspecified atom stereocenters. The third kappa shape index (κ3) is 29.5. The zero-order valence-electron chi connectivity index (χ0n) is 17.4. The van der Waals surface area contributed by atoms with Gasteiger partial charge in [-0.1, -0.05) is 66.2 Å². The van der Waals surface area contributed by atoms with Gasteiger partial charge in [-0.05, 0) is 43.3 Å². The second kappa shape index (κ2) is 26.3. The number of halogens is 3. The van der Waals surface area contributed by atoms with Crippen molar-refractivity contribution in [1.82, 2.24) is 9.97 Å². The van der Waals surface area contributed by atoms with Gasteiger partial charge in [0.1, 0.15) is 5.82 Å². The Hall–Kier alpha value is -2.73. The summed E-state index contributed by atoms with van der Waals surface area (Å²) < 4.78 is 20.6. The fourth-order valence-electron chi connectivity index (χ4n) is 1.57. The van der Waals surface area contributed by atoms with Crippen LogP contribution in [0.2, 0.25) is 0 Å². The number of hydrogen-bond donors (Lipinski definition) is 2. The highest BCUT2D eigenvalue weighted by Crippen LogP contribution is 1.98. The lowest BCUT2D eigenvalue weighted by Crippen LogP contribution is -1.63. The fourth-order valence-corrected chi connectivity index (χ4v) is 1.57. The second-order valence-corrected chi connectivity index (χ2v) is 5.76. The standard InChI is InChI=1S/C7H8.C6H5F.2C5H5N.2ClH.H2O3P/c1-7-5-3-2-4-6-7;7-6-4-2-1-3-5-6;2*1-2-4-6-5-3-1;;;1-4(2)3/h2-6H,1H3;1-5H;2*1-5H;2*1H;(H2,1,2,3). The molecule has 0 aliphatic heterocycles. The molecular weight excluding hydrogens is 473 g/mol. The molecule has 2 aromatic heterocycles. The lowest BCUT2D eigenvalue weighted by Gasteiger charge is -1.82. The van der Waals surface area contributed by atoms with Gasteiger partial charge in [-0.2, -0.15) is 0 Å². The van der Waals surface area contributed by atoms with Crippen molar-refractivity contribution in [3.05, 3.63) is 133 Å². The predicted octanol–water partition coefficient (Wildman–Crippen LogP) is 6.46. The van der Waals surface area contributed by atoms with Crippen LogP contribution in [0.4, 0.5) is 4.39 Å². The first-order chi connectivity index (χ1) is 14.5. The summed E-state index contributed by atoms with van der Waals surface area (Å²) in [7, 11) is -2.87. The Labute approximate surface area is 201 Å². The molecule has 1 radical (unpaired) electrons. The van der Waals surface area contributed by atoms with Crippen LogP contribution in [-0.4, -0.2) is 19.8 Å². The van der Waals surface area contributed by atoms with Gasteiger partial charge in [0.2, 0.25) is 0 Å². The van der Waals surface area contributed by atoms with Gasteiger partial charge in [-0.25, -0.2) is 8.96 Å². The SMILES string of the molecule is Cc1ccccc1.Cl.Cl.Fc1ccccc1.O=[P](O)O.c1ccncc1.c1ccncc1. The molecule has 0 saturated carbocycles. The van der Waals surface area contributed by atoms with E-state index in [1.807, 2.05) is 54.6 Å². The van der Waals surface area contributed by atoms with Crippen LogP contribution in [0.15, 0.2) is 122 Å². The van der Waals surface area contributed by atoms with Crippen molar-refractivity contribution in [3.8, 4) is 0 Å². The van der Waals surface area contributed by atoms with Crippen molar-refractivity contribution in [2.24, 2.45) is 0 Å². The number of aryl methyl sites for hydroxylation is 1. The summed E-state index contributed by atoms with van der Waals surface area (Å²) in [6.45, 7) is 2.08. The predicted molar refractivity (Wildman–Crippen MR) is 133 cm³/mol. The Morgan fingerprint density at radius 3 is 1.03 bits per heavy atom. The van der Waals surface area contributed by atoms with Gasteiger partial charge in [0.05, 0.1) is 0 Å². The summed E-state index contributed by atoms with van der Waals surface area (Å²) in [5.74, 6) is -0.178. The van der Waals surface area contributed by atoms with Gasteiger partial charge in [0.25, 0.3) is 0 Å². The average Bonchev–Trinajstić information content (AvgIpc) is 2.78. The van der Waals surface area contributed by atoms with Crippen LogP contribution >= 0.6 is 33.1 Å². The van der Waals surface area contributed by atoms with E-state index in [2.05, 4.69) is 29.0 Å². The van der Waals surface area contributed by atoms with Crippen LogP contribution < -0.4 is 0 Å². The summed E-state index contributed by atoms with van der Waals surface area (Å²) in [6.07, 6.45) is 7.00. The van der Waals surface area contributed by atoms with E-state index in [-0.39, 0.29) is 30.6 Å². The Kier molecular flexibility index (Phi) is 27.9. The first kappa shape index (κ1) is 33.9. The van der Waals surface area contributed by atoms with Gasteiger partial charge in [0.15, 0.2) is 0 Å². The van der Waals surface area contributed by atoms with Crippen molar-refractivity contribution < 1.29 is 18.7 Å². The zero-order chi connectivity index (χ0) is 22.3. The molecule has 9 heteroatoms. The van der Waals surface area contributed by atoms with E-state index >= 15 is 0 Å². The molecule has 0 aliphatic rings. The van der Waals surface area contributed by atoms with Crippen LogP contribution in [0.3, 0.4) is 0 Å². The van der Waals surface area contributed by atoms with Crippen molar-refractivity contribution >= 4 is 33.1 Å². The molecule has 0 fully saturated rings. The lowest BCUT2D eigenvalue weighted by atomic mass is 10.2. The van der Waals surface area contributed by atoms with E-state index < -0.39 is 8.25 Å². The molecule has 32 heavy (non-hydrogen) atoms. The average molecular weight is 500 g/mol. The number of nitrogens with zero attached hydrogens (tertiary/aromatic N) is 2. The van der Waals surface area contributed by atoms with E-state index in [1.165, 1.54) is 17.7 Å². The Morgan fingerprint density at radius 2 is 0.906 bits per heavy atom. The molecule has 173 valence electrons. The third-order valence-electron chi connectivity index (χ3n) is 2.81. The maximum atomic E-state index is 11.9. The first-order valence-electron chi connectivity index (χ1n) is 8.79. The molecule has 4 rings (SSSR count). The van der Waals surface area contributed by atoms with Crippen molar-refractivity contribution in [2.45, 2.75) is 6.92 Å². The topological polar surface area (TPSA) is 83.3 Å².